The number of hydrogen-bond acceptors (Lipinski definition) is 4. The number of carbonyl (C=O) groups excluding carboxylic acids is 1. The van der Waals surface area contributed by atoms with Crippen LogP contribution >= 0.6 is 0 Å². The van der Waals surface area contributed by atoms with Crippen LogP contribution in [0.25, 0.3) is 0 Å². The van der Waals surface area contributed by atoms with Gasteiger partial charge in [0.25, 0.3) is 0 Å². The molecule has 1 aromatic carbocycles. The predicted octanol–water partition coefficient (Wildman–Crippen LogP) is 2.31. The minimum absolute atomic E-state index is 0.0180. The summed E-state index contributed by atoms with van der Waals surface area (Å²) in [6.45, 7) is 2.39. The van der Waals surface area contributed by atoms with Crippen LogP contribution in [0.4, 0.5) is 5.69 Å². The zero-order valence-electron chi connectivity index (χ0n) is 10.3. The summed E-state index contributed by atoms with van der Waals surface area (Å²) in [6, 6.07) is 3.98. The van der Waals surface area contributed by atoms with Crippen LogP contribution in [0, 0.1) is 0 Å². The van der Waals surface area contributed by atoms with E-state index in [2.05, 4.69) is 6.92 Å². The fourth-order valence-electron chi connectivity index (χ4n) is 1.49. The third kappa shape index (κ3) is 4.08. The molecule has 0 bridgehead atoms. The molecule has 0 aliphatic rings. The maximum Gasteiger partial charge on any atom is 0.338 e. The van der Waals surface area contributed by atoms with Crippen molar-refractivity contribution < 1.29 is 19.4 Å². The number of nitrogens with two attached hydrogens (primary N) is 1. The van der Waals surface area contributed by atoms with Crippen LogP contribution in [0.2, 0.25) is 0 Å². The molecule has 0 aromatic heterocycles. The van der Waals surface area contributed by atoms with Gasteiger partial charge in [-0.1, -0.05) is 19.8 Å². The SMILES string of the molecule is CCCCCOC(=O)c1cc(N)cc(C(=O)O)c1. The van der Waals surface area contributed by atoms with E-state index in [0.717, 1.165) is 19.3 Å². The van der Waals surface area contributed by atoms with E-state index in [4.69, 9.17) is 15.6 Å². The first-order chi connectivity index (χ1) is 8.54. The summed E-state index contributed by atoms with van der Waals surface area (Å²) < 4.78 is 5.03. The molecule has 0 unspecified atom stereocenters. The van der Waals surface area contributed by atoms with Crippen molar-refractivity contribution in [1.29, 1.82) is 0 Å². The van der Waals surface area contributed by atoms with Crippen molar-refractivity contribution in [2.24, 2.45) is 0 Å². The summed E-state index contributed by atoms with van der Waals surface area (Å²) in [6.07, 6.45) is 2.83. The predicted molar refractivity (Wildman–Crippen MR) is 67.6 cm³/mol. The van der Waals surface area contributed by atoms with Crippen molar-refractivity contribution in [3.8, 4) is 0 Å². The Morgan fingerprint density at radius 2 is 1.89 bits per heavy atom. The lowest BCUT2D eigenvalue weighted by Gasteiger charge is -2.06. The highest BCUT2D eigenvalue weighted by Crippen LogP contribution is 2.13. The van der Waals surface area contributed by atoms with Gasteiger partial charge in [-0.15, -0.1) is 0 Å². The van der Waals surface area contributed by atoms with Gasteiger partial charge < -0.3 is 15.6 Å². The Balaban J connectivity index is 2.70. The fourth-order valence-corrected chi connectivity index (χ4v) is 1.49. The van der Waals surface area contributed by atoms with Gasteiger partial charge in [0.1, 0.15) is 0 Å². The highest BCUT2D eigenvalue weighted by Gasteiger charge is 2.12. The Hall–Kier alpha value is -2.04. The average Bonchev–Trinajstić information content (AvgIpc) is 2.33. The highest BCUT2D eigenvalue weighted by molar-refractivity contribution is 5.96. The lowest BCUT2D eigenvalue weighted by molar-refractivity contribution is 0.0498. The molecule has 5 nitrogen and oxygen atoms in total. The quantitative estimate of drug-likeness (QED) is 0.460. The minimum Gasteiger partial charge on any atom is -0.478 e. The number of carboxylic acid groups (broad SMARTS) is 1. The lowest BCUT2D eigenvalue weighted by Crippen LogP contribution is -2.09. The number of unbranched alkanes of at least 4 members (excludes halogenated alkanes) is 2. The summed E-state index contributed by atoms with van der Waals surface area (Å²) in [5.41, 5.74) is 5.92. The second-order valence-corrected chi connectivity index (χ2v) is 3.99. The van der Waals surface area contributed by atoms with Crippen LogP contribution in [0.15, 0.2) is 18.2 Å². The van der Waals surface area contributed by atoms with Crippen molar-refractivity contribution in [2.45, 2.75) is 26.2 Å². The molecule has 0 atom stereocenters. The maximum absolute atomic E-state index is 11.7. The molecule has 0 saturated heterocycles. The molecule has 0 amide bonds. The maximum atomic E-state index is 11.7. The topological polar surface area (TPSA) is 89.6 Å². The molecule has 98 valence electrons. The third-order valence-electron chi connectivity index (χ3n) is 2.42. The molecule has 0 radical (unpaired) electrons. The van der Waals surface area contributed by atoms with E-state index in [1.54, 1.807) is 0 Å². The van der Waals surface area contributed by atoms with Crippen molar-refractivity contribution in [3.05, 3.63) is 29.3 Å². The van der Waals surface area contributed by atoms with Gasteiger partial charge in [-0.25, -0.2) is 9.59 Å². The first-order valence-electron chi connectivity index (χ1n) is 5.85. The van der Waals surface area contributed by atoms with Crippen LogP contribution in [0.3, 0.4) is 0 Å². The number of rotatable bonds is 6. The summed E-state index contributed by atoms with van der Waals surface area (Å²) in [7, 11) is 0. The van der Waals surface area contributed by atoms with Crippen molar-refractivity contribution in [1.82, 2.24) is 0 Å². The first kappa shape index (κ1) is 14.0. The summed E-state index contributed by atoms with van der Waals surface area (Å²) in [5.74, 6) is -1.66. The standard InChI is InChI=1S/C13H17NO4/c1-2-3-4-5-18-13(17)10-6-9(12(15)16)7-11(14)8-10/h6-8H,2-5,14H2,1H3,(H,15,16). The van der Waals surface area contributed by atoms with Gasteiger partial charge in [0, 0.05) is 5.69 Å². The average molecular weight is 251 g/mol. The molecule has 0 aliphatic carbocycles. The summed E-state index contributed by atoms with van der Waals surface area (Å²) in [5, 5.41) is 8.85. The summed E-state index contributed by atoms with van der Waals surface area (Å²) in [4.78, 5) is 22.5. The zero-order valence-corrected chi connectivity index (χ0v) is 10.3. The molecular formula is C13H17NO4. The van der Waals surface area contributed by atoms with Crippen LogP contribution in [-0.2, 0) is 4.74 Å². The van der Waals surface area contributed by atoms with Crippen LogP contribution < -0.4 is 5.73 Å². The number of nitrogen functional groups attached to an aromatic ring is 1. The number of ether oxygens (including phenoxy) is 1. The molecule has 0 aliphatic heterocycles. The van der Waals surface area contributed by atoms with Crippen LogP contribution in [0.5, 0.6) is 0 Å². The number of carbonyl (C=O) groups is 2. The van der Waals surface area contributed by atoms with Gasteiger partial charge in [0.05, 0.1) is 17.7 Å². The van der Waals surface area contributed by atoms with Gasteiger partial charge in [-0.2, -0.15) is 0 Å². The number of benzene rings is 1. The smallest absolute Gasteiger partial charge is 0.338 e. The number of hydrogen-bond donors (Lipinski definition) is 2. The number of aromatic carboxylic acids is 1. The normalized spacial score (nSPS) is 10.1. The second-order valence-electron chi connectivity index (χ2n) is 3.99. The molecule has 0 saturated carbocycles. The summed E-state index contributed by atoms with van der Waals surface area (Å²) >= 11 is 0. The first-order valence-corrected chi connectivity index (χ1v) is 5.85. The van der Waals surface area contributed by atoms with Crippen LogP contribution in [0.1, 0.15) is 46.9 Å². The second kappa shape index (κ2) is 6.64. The molecule has 5 heteroatoms. The van der Waals surface area contributed by atoms with Crippen molar-refractivity contribution >= 4 is 17.6 Å². The third-order valence-corrected chi connectivity index (χ3v) is 2.42. The van der Waals surface area contributed by atoms with Gasteiger partial charge >= 0.3 is 11.9 Å². The number of esters is 1. The van der Waals surface area contributed by atoms with E-state index in [0.29, 0.717) is 6.61 Å². The van der Waals surface area contributed by atoms with Gasteiger partial charge in [-0.05, 0) is 24.6 Å². The number of carboxylic acids is 1. The molecule has 18 heavy (non-hydrogen) atoms. The molecule has 0 heterocycles. The Morgan fingerprint density at radius 1 is 1.22 bits per heavy atom. The van der Waals surface area contributed by atoms with E-state index >= 15 is 0 Å². The number of anilines is 1. The Morgan fingerprint density at radius 3 is 2.50 bits per heavy atom. The van der Waals surface area contributed by atoms with Crippen molar-refractivity contribution in [2.75, 3.05) is 12.3 Å². The minimum atomic E-state index is -1.12. The largest absolute Gasteiger partial charge is 0.478 e. The van der Waals surface area contributed by atoms with Crippen LogP contribution in [-0.4, -0.2) is 23.7 Å². The van der Waals surface area contributed by atoms with E-state index in [1.807, 2.05) is 0 Å². The monoisotopic (exact) mass is 251 g/mol. The fraction of sp³-hybridized carbons (Fsp3) is 0.385. The van der Waals surface area contributed by atoms with E-state index in [1.165, 1.54) is 18.2 Å². The van der Waals surface area contributed by atoms with Crippen molar-refractivity contribution in [3.63, 3.8) is 0 Å². The highest BCUT2D eigenvalue weighted by atomic mass is 16.5. The molecule has 1 rings (SSSR count). The molecule has 0 fully saturated rings. The van der Waals surface area contributed by atoms with E-state index < -0.39 is 11.9 Å². The molecule has 1 aromatic rings. The van der Waals surface area contributed by atoms with Gasteiger partial charge in [0.15, 0.2) is 0 Å². The molecular weight excluding hydrogens is 234 g/mol. The van der Waals surface area contributed by atoms with Gasteiger partial charge in [-0.3, -0.25) is 0 Å². The van der Waals surface area contributed by atoms with E-state index in [9.17, 15) is 9.59 Å². The molecule has 3 N–H and O–H groups in total. The zero-order chi connectivity index (χ0) is 13.5. The van der Waals surface area contributed by atoms with Gasteiger partial charge in [0.2, 0.25) is 0 Å². The molecule has 0 spiro atoms. The Labute approximate surface area is 106 Å². The Bertz CT molecular complexity index is 443. The van der Waals surface area contributed by atoms with E-state index in [-0.39, 0.29) is 16.8 Å². The Kier molecular flexibility index (Phi) is 5.17. The lowest BCUT2D eigenvalue weighted by atomic mass is 10.1.